The summed E-state index contributed by atoms with van der Waals surface area (Å²) in [5.74, 6) is 0.0386. The van der Waals surface area contributed by atoms with Gasteiger partial charge in [0.05, 0.1) is 32.4 Å². The van der Waals surface area contributed by atoms with Crippen LogP contribution < -0.4 is 19.5 Å². The number of fused-ring (bicyclic) bond motifs is 20. The first-order valence-electron chi connectivity index (χ1n) is 14.4. The van der Waals surface area contributed by atoms with Crippen molar-refractivity contribution in [2.75, 3.05) is 6.61 Å². The zero-order valence-corrected chi connectivity index (χ0v) is 28.6. The molecule has 0 amide bonds. The van der Waals surface area contributed by atoms with Gasteiger partial charge in [0.25, 0.3) is 5.69 Å². The smallest absolute Gasteiger partial charge is 0.482 e. The van der Waals surface area contributed by atoms with Gasteiger partial charge in [-0.25, -0.2) is 9.78 Å². The van der Waals surface area contributed by atoms with Gasteiger partial charge in [0.1, 0.15) is 16.3 Å². The first-order valence-corrected chi connectivity index (χ1v) is 15.9. The molecule has 5 heterocycles. The van der Waals surface area contributed by atoms with Gasteiger partial charge in [-0.05, 0) is 34.4 Å². The molecule has 4 aromatic carbocycles. The van der Waals surface area contributed by atoms with E-state index in [1.54, 1.807) is 18.2 Å². The molecule has 2 aliphatic rings. The molecule has 50 heavy (non-hydrogen) atoms. The first-order chi connectivity index (χ1) is 23.7. The Morgan fingerprint density at radius 3 is 1.86 bits per heavy atom. The van der Waals surface area contributed by atoms with E-state index >= 15 is 0 Å². The normalized spacial score (nSPS) is 11.7. The number of nitrogens with zero attached hydrogens (tertiary/aromatic N) is 9. The predicted octanol–water partition coefficient (Wildman–Crippen LogP) is 6.81. The van der Waals surface area contributed by atoms with E-state index in [0.717, 1.165) is 16.5 Å². The molecule has 12 nitrogen and oxygen atoms in total. The summed E-state index contributed by atoms with van der Waals surface area (Å²) in [6, 6.07) is 20.1. The van der Waals surface area contributed by atoms with E-state index in [2.05, 4.69) is 5.10 Å². The van der Waals surface area contributed by atoms with Crippen LogP contribution in [0.25, 0.3) is 84.0 Å². The van der Waals surface area contributed by atoms with Crippen molar-refractivity contribution in [1.82, 2.24) is 40.1 Å². The van der Waals surface area contributed by atoms with Crippen molar-refractivity contribution >= 4 is 96.5 Å². The SMILES string of the molecule is O=C(O)COc1ccc2c3nc4nc(nc5[n-]c(nc6n[n+](nc([n-]3)c2c1)-c1c(Cl)c(Cl)c(Cl)c(Cl)c1-6)c1ccccc51)-c1ccccc1-4.[Cu+2]. The Bertz CT molecular complexity index is 2790. The summed E-state index contributed by atoms with van der Waals surface area (Å²) < 4.78 is 5.47. The Kier molecular flexibility index (Phi) is 7.87. The van der Waals surface area contributed by atoms with E-state index in [1.807, 2.05) is 48.5 Å². The standard InChI is InChI=1S/C33H15Cl4N9O3.Cu/c34-22-21-26(25(37)24(36)23(22)35)46-44-32-19-11-13(49-12-20(47)48)9-10-18(19)31(42-32)41-29-15-6-2-1-5-14(15)27(39-29)38-28-16-7-3-4-8-17(16)30(40-28)43-33(21)45-46;/h1-11H,12H2,(H2,38,39,40,41,42,43,44,45,47,48);/q;+2/p-1. The van der Waals surface area contributed by atoms with Crippen LogP contribution in [0.2, 0.25) is 20.1 Å². The van der Waals surface area contributed by atoms with Gasteiger partial charge in [-0.2, -0.15) is 0 Å². The number of aromatic nitrogens is 9. The van der Waals surface area contributed by atoms with Crippen molar-refractivity contribution in [1.29, 1.82) is 0 Å². The number of carboxylic acids is 1. The van der Waals surface area contributed by atoms with Crippen molar-refractivity contribution in [3.05, 3.63) is 86.8 Å². The Morgan fingerprint density at radius 1 is 0.660 bits per heavy atom. The minimum Gasteiger partial charge on any atom is -0.482 e. The molecule has 0 saturated heterocycles. The molecule has 1 radical (unpaired) electrons. The molecule has 17 heteroatoms. The second-order valence-corrected chi connectivity index (χ2v) is 12.4. The molecule has 0 saturated carbocycles. The summed E-state index contributed by atoms with van der Waals surface area (Å²) in [4.78, 5) is 41.5. The minimum absolute atomic E-state index is 0. The molecule has 7 aromatic rings. The van der Waals surface area contributed by atoms with Crippen LogP contribution in [0.3, 0.4) is 0 Å². The van der Waals surface area contributed by atoms with E-state index < -0.39 is 12.6 Å². The number of carboxylic acid groups (broad SMARTS) is 1. The quantitative estimate of drug-likeness (QED) is 0.0869. The average Bonchev–Trinajstić information content (AvgIpc) is 3.84. The topological polar surface area (TPSA) is 156 Å². The van der Waals surface area contributed by atoms with Crippen LogP contribution in [-0.2, 0) is 21.9 Å². The first kappa shape index (κ1) is 32.3. The van der Waals surface area contributed by atoms with Crippen LogP contribution in [0.4, 0.5) is 0 Å². The average molecular weight is 790 g/mol. The maximum Gasteiger partial charge on any atom is 2.00 e. The number of hydrogen-bond acceptors (Lipinski definition) is 8. The summed E-state index contributed by atoms with van der Waals surface area (Å²) in [5.41, 5.74) is 3.14. The van der Waals surface area contributed by atoms with E-state index in [1.165, 1.54) is 4.80 Å². The summed E-state index contributed by atoms with van der Waals surface area (Å²) in [5, 5.41) is 21.2. The Labute approximate surface area is 310 Å². The zero-order chi connectivity index (χ0) is 33.6. The molecule has 0 unspecified atom stereocenters. The zero-order valence-electron chi connectivity index (χ0n) is 24.7. The molecule has 0 aliphatic carbocycles. The monoisotopic (exact) mass is 787 g/mol. The molecule has 8 bridgehead atoms. The van der Waals surface area contributed by atoms with Crippen LogP contribution >= 0.6 is 46.4 Å². The molecular formula is C33H14Cl4CuN9O3+. The number of carbonyl (C=O) groups is 1. The summed E-state index contributed by atoms with van der Waals surface area (Å²) in [6.45, 7) is -0.549. The van der Waals surface area contributed by atoms with Crippen molar-refractivity contribution in [3.8, 4) is 45.6 Å². The van der Waals surface area contributed by atoms with Gasteiger partial charge in [-0.3, -0.25) is 0 Å². The third-order valence-corrected chi connectivity index (χ3v) is 9.76. The van der Waals surface area contributed by atoms with Crippen molar-refractivity contribution in [2.45, 2.75) is 0 Å². The van der Waals surface area contributed by atoms with E-state index in [-0.39, 0.29) is 71.3 Å². The Morgan fingerprint density at radius 2 is 1.22 bits per heavy atom. The number of aliphatic carboxylic acids is 1. The molecule has 2 aliphatic heterocycles. The van der Waals surface area contributed by atoms with Crippen molar-refractivity contribution in [2.24, 2.45) is 0 Å². The molecule has 3 aromatic heterocycles. The van der Waals surface area contributed by atoms with Gasteiger partial charge in [0, 0.05) is 43.3 Å². The van der Waals surface area contributed by atoms with Crippen LogP contribution in [-0.4, -0.2) is 47.8 Å². The van der Waals surface area contributed by atoms with E-state index in [4.69, 9.17) is 86.1 Å². The molecule has 0 atom stereocenters. The van der Waals surface area contributed by atoms with Crippen molar-refractivity contribution in [3.63, 3.8) is 0 Å². The maximum atomic E-state index is 11.2. The van der Waals surface area contributed by atoms with Crippen LogP contribution in [0.1, 0.15) is 0 Å². The second kappa shape index (κ2) is 12.2. The molecule has 1 N–H and O–H groups in total. The molecule has 0 spiro atoms. The van der Waals surface area contributed by atoms with Gasteiger partial charge in [-0.15, -0.1) is 0 Å². The fourth-order valence-corrected chi connectivity index (χ4v) is 6.79. The largest absolute Gasteiger partial charge is 2.00 e. The number of ether oxygens (including phenoxy) is 1. The van der Waals surface area contributed by atoms with Gasteiger partial charge in [-0.1, -0.05) is 100 Å². The number of hydrogen-bond donors (Lipinski definition) is 1. The molecule has 247 valence electrons. The Hall–Kier alpha value is -4.88. The van der Waals surface area contributed by atoms with Gasteiger partial charge in [0.2, 0.25) is 0 Å². The third-order valence-electron chi connectivity index (χ3n) is 7.97. The summed E-state index contributed by atoms with van der Waals surface area (Å²) >= 11 is 26.6. The third kappa shape index (κ3) is 5.05. The summed E-state index contributed by atoms with van der Waals surface area (Å²) in [7, 11) is 0. The maximum absolute atomic E-state index is 11.2. The van der Waals surface area contributed by atoms with E-state index in [9.17, 15) is 9.90 Å². The minimum atomic E-state index is -1.13. The van der Waals surface area contributed by atoms with Gasteiger partial charge < -0.3 is 34.8 Å². The number of benzene rings is 4. The van der Waals surface area contributed by atoms with Gasteiger partial charge in [0.15, 0.2) is 12.4 Å². The fourth-order valence-electron chi connectivity index (χ4n) is 5.79. The number of halogens is 4. The molecule has 9 rings (SSSR count). The Balaban J connectivity index is 0.00000361. The van der Waals surface area contributed by atoms with Crippen LogP contribution in [0, 0.1) is 0 Å². The van der Waals surface area contributed by atoms with Crippen LogP contribution in [0.15, 0.2) is 66.7 Å². The van der Waals surface area contributed by atoms with Crippen LogP contribution in [0.5, 0.6) is 5.75 Å². The molecule has 0 fully saturated rings. The fraction of sp³-hybridized carbons (Fsp3) is 0.0303. The second-order valence-electron chi connectivity index (χ2n) is 10.9. The summed E-state index contributed by atoms with van der Waals surface area (Å²) in [6.07, 6.45) is 0. The van der Waals surface area contributed by atoms with E-state index in [0.29, 0.717) is 39.1 Å². The van der Waals surface area contributed by atoms with Crippen molar-refractivity contribution < 1.29 is 36.5 Å². The predicted molar refractivity (Wildman–Crippen MR) is 183 cm³/mol. The number of rotatable bonds is 3. The van der Waals surface area contributed by atoms with Gasteiger partial charge >= 0.3 is 23.0 Å². The molecular weight excluding hydrogens is 776 g/mol.